The fourth-order valence-electron chi connectivity index (χ4n) is 2.96. The summed E-state index contributed by atoms with van der Waals surface area (Å²) in [5, 5.41) is 5.04. The average molecular weight is 476 g/mol. The Hall–Kier alpha value is -2.13. The molecule has 0 aliphatic heterocycles. The summed E-state index contributed by atoms with van der Waals surface area (Å²) >= 11 is 10.4. The van der Waals surface area contributed by atoms with Crippen LogP contribution in [0.15, 0.2) is 63.2 Å². The first kappa shape index (κ1) is 21.1. The lowest BCUT2D eigenvalue weighted by atomic mass is 10.3. The summed E-state index contributed by atoms with van der Waals surface area (Å²) in [5.74, 6) is 0.0797. The Kier molecular flexibility index (Phi) is 6.58. The van der Waals surface area contributed by atoms with Gasteiger partial charge < -0.3 is 4.90 Å². The Morgan fingerprint density at radius 3 is 2.83 bits per heavy atom. The van der Waals surface area contributed by atoms with E-state index in [2.05, 4.69) is 11.1 Å². The number of rotatable bonds is 7. The molecule has 1 aromatic carbocycles. The lowest BCUT2D eigenvalue weighted by Crippen LogP contribution is -2.29. The normalized spacial score (nSPS) is 11.1. The van der Waals surface area contributed by atoms with Crippen LogP contribution in [-0.2, 0) is 17.8 Å². The monoisotopic (exact) mass is 475 g/mol. The predicted molar refractivity (Wildman–Crippen MR) is 127 cm³/mol. The first-order chi connectivity index (χ1) is 14.5. The predicted octanol–water partition coefficient (Wildman–Crippen LogP) is 5.17. The molecule has 0 radical (unpaired) electrons. The van der Waals surface area contributed by atoms with Gasteiger partial charge in [-0.25, -0.2) is 4.98 Å². The third-order valence-corrected chi connectivity index (χ3v) is 7.61. The van der Waals surface area contributed by atoms with Crippen LogP contribution in [0.2, 0.25) is 5.02 Å². The number of carbonyl (C=O) groups is 1. The SMILES string of the molecule is CN(C(=O)CSc1nc2ccsc2c(=O)n1CCc1cccs1)c1cccc(Cl)c1. The van der Waals surface area contributed by atoms with Crippen LogP contribution in [0.4, 0.5) is 5.69 Å². The van der Waals surface area contributed by atoms with Crippen LogP contribution in [0.3, 0.4) is 0 Å². The largest absolute Gasteiger partial charge is 0.315 e. The second-order valence-corrected chi connectivity index (χ2v) is 9.86. The van der Waals surface area contributed by atoms with Crippen molar-refractivity contribution in [3.8, 4) is 0 Å². The van der Waals surface area contributed by atoms with Gasteiger partial charge in [0.1, 0.15) is 4.70 Å². The van der Waals surface area contributed by atoms with Crippen molar-refractivity contribution in [2.75, 3.05) is 17.7 Å². The van der Waals surface area contributed by atoms with Crippen LogP contribution >= 0.6 is 46.0 Å². The summed E-state index contributed by atoms with van der Waals surface area (Å²) in [6, 6.07) is 13.1. The first-order valence-corrected chi connectivity index (χ1v) is 12.3. The number of benzene rings is 1. The van der Waals surface area contributed by atoms with E-state index in [0.29, 0.717) is 26.9 Å². The van der Waals surface area contributed by atoms with Gasteiger partial charge in [0, 0.05) is 29.2 Å². The zero-order valence-corrected chi connectivity index (χ0v) is 19.3. The molecule has 4 rings (SSSR count). The van der Waals surface area contributed by atoms with E-state index in [9.17, 15) is 9.59 Å². The summed E-state index contributed by atoms with van der Waals surface area (Å²) in [6.45, 7) is 0.529. The second kappa shape index (κ2) is 9.34. The van der Waals surface area contributed by atoms with Gasteiger partial charge in [0.15, 0.2) is 5.16 Å². The third kappa shape index (κ3) is 4.62. The van der Waals surface area contributed by atoms with Crippen molar-refractivity contribution in [1.29, 1.82) is 0 Å². The molecule has 154 valence electrons. The minimum Gasteiger partial charge on any atom is -0.315 e. The maximum absolute atomic E-state index is 13.0. The second-order valence-electron chi connectivity index (χ2n) is 6.54. The van der Waals surface area contributed by atoms with Crippen molar-refractivity contribution in [3.05, 3.63) is 73.5 Å². The minimum atomic E-state index is -0.0910. The van der Waals surface area contributed by atoms with Crippen LogP contribution in [0.5, 0.6) is 0 Å². The molecule has 0 unspecified atom stereocenters. The fourth-order valence-corrected chi connectivity index (χ4v) is 5.56. The fraction of sp³-hybridized carbons (Fsp3) is 0.190. The van der Waals surface area contributed by atoms with Crippen LogP contribution in [0.1, 0.15) is 4.88 Å². The van der Waals surface area contributed by atoms with Crippen molar-refractivity contribution in [3.63, 3.8) is 0 Å². The third-order valence-electron chi connectivity index (χ3n) is 4.59. The van der Waals surface area contributed by atoms with Crippen molar-refractivity contribution in [2.24, 2.45) is 0 Å². The van der Waals surface area contributed by atoms with E-state index in [1.807, 2.05) is 35.0 Å². The van der Waals surface area contributed by atoms with Gasteiger partial charge in [-0.15, -0.1) is 22.7 Å². The van der Waals surface area contributed by atoms with Crippen molar-refractivity contribution < 1.29 is 4.79 Å². The van der Waals surface area contributed by atoms with Crippen LogP contribution in [0.25, 0.3) is 10.2 Å². The highest BCUT2D eigenvalue weighted by Crippen LogP contribution is 2.24. The maximum atomic E-state index is 13.0. The smallest absolute Gasteiger partial charge is 0.272 e. The quantitative estimate of drug-likeness (QED) is 0.273. The van der Waals surface area contributed by atoms with Gasteiger partial charge in [-0.05, 0) is 47.5 Å². The number of anilines is 1. The van der Waals surface area contributed by atoms with E-state index in [1.165, 1.54) is 28.0 Å². The standard InChI is InChI=1S/C21H18ClN3O2S3/c1-24(15-5-2-4-14(22)12-15)18(26)13-30-21-23-17-8-11-29-19(17)20(27)25(21)9-7-16-6-3-10-28-16/h2-6,8,10-12H,7,9,13H2,1H3. The van der Waals surface area contributed by atoms with Crippen molar-refractivity contribution >= 4 is 67.8 Å². The molecule has 0 atom stereocenters. The molecule has 0 aliphatic rings. The molecule has 0 spiro atoms. The molecule has 0 fully saturated rings. The summed E-state index contributed by atoms with van der Waals surface area (Å²) in [4.78, 5) is 33.2. The number of amides is 1. The Bertz CT molecular complexity index is 1230. The highest BCUT2D eigenvalue weighted by molar-refractivity contribution is 7.99. The van der Waals surface area contributed by atoms with Gasteiger partial charge in [-0.2, -0.15) is 0 Å². The Morgan fingerprint density at radius 1 is 1.20 bits per heavy atom. The number of thiophene rings is 2. The Labute approximate surface area is 190 Å². The molecule has 5 nitrogen and oxygen atoms in total. The van der Waals surface area contributed by atoms with E-state index < -0.39 is 0 Å². The van der Waals surface area contributed by atoms with E-state index in [4.69, 9.17) is 11.6 Å². The molecule has 1 amide bonds. The molecule has 3 heterocycles. The summed E-state index contributed by atoms with van der Waals surface area (Å²) in [6.07, 6.45) is 0.750. The molecule has 0 aliphatic carbocycles. The van der Waals surface area contributed by atoms with E-state index in [0.717, 1.165) is 12.1 Å². The molecule has 9 heteroatoms. The first-order valence-electron chi connectivity index (χ1n) is 9.18. The number of aromatic nitrogens is 2. The van der Waals surface area contributed by atoms with Crippen LogP contribution < -0.4 is 10.5 Å². The number of thioether (sulfide) groups is 1. The molecule has 0 bridgehead atoms. The lowest BCUT2D eigenvalue weighted by molar-refractivity contribution is -0.115. The highest BCUT2D eigenvalue weighted by Gasteiger charge is 2.17. The summed E-state index contributed by atoms with van der Waals surface area (Å²) in [5.41, 5.74) is 1.35. The van der Waals surface area contributed by atoms with Crippen LogP contribution in [-0.4, -0.2) is 28.3 Å². The molecule has 0 N–H and O–H groups in total. The molecule has 4 aromatic rings. The van der Waals surface area contributed by atoms with E-state index in [-0.39, 0.29) is 17.2 Å². The molecule has 3 aromatic heterocycles. The van der Waals surface area contributed by atoms with Gasteiger partial charge >= 0.3 is 0 Å². The molecular formula is C21H18ClN3O2S3. The summed E-state index contributed by atoms with van der Waals surface area (Å²) < 4.78 is 2.34. The highest BCUT2D eigenvalue weighted by atomic mass is 35.5. The Balaban J connectivity index is 1.55. The zero-order valence-electron chi connectivity index (χ0n) is 16.1. The summed E-state index contributed by atoms with van der Waals surface area (Å²) in [7, 11) is 1.72. The van der Waals surface area contributed by atoms with Gasteiger partial charge in [0.05, 0.1) is 11.3 Å². The lowest BCUT2D eigenvalue weighted by Gasteiger charge is -2.18. The Morgan fingerprint density at radius 2 is 2.07 bits per heavy atom. The van der Waals surface area contributed by atoms with Crippen molar-refractivity contribution in [2.45, 2.75) is 18.1 Å². The van der Waals surface area contributed by atoms with Gasteiger partial charge in [0.2, 0.25) is 5.91 Å². The maximum Gasteiger partial charge on any atom is 0.272 e. The van der Waals surface area contributed by atoms with Crippen molar-refractivity contribution in [1.82, 2.24) is 9.55 Å². The van der Waals surface area contributed by atoms with Gasteiger partial charge in [-0.3, -0.25) is 14.2 Å². The number of hydrogen-bond acceptors (Lipinski definition) is 6. The number of fused-ring (bicyclic) bond motifs is 1. The van der Waals surface area contributed by atoms with Gasteiger partial charge in [-0.1, -0.05) is 35.5 Å². The number of halogens is 1. The van der Waals surface area contributed by atoms with E-state index in [1.54, 1.807) is 40.0 Å². The number of nitrogens with zero attached hydrogens (tertiary/aromatic N) is 3. The minimum absolute atomic E-state index is 0.0512. The van der Waals surface area contributed by atoms with E-state index >= 15 is 0 Å². The number of hydrogen-bond donors (Lipinski definition) is 0. The number of aryl methyl sites for hydroxylation is 1. The average Bonchev–Trinajstić information content (AvgIpc) is 3.43. The van der Waals surface area contributed by atoms with Gasteiger partial charge in [0.25, 0.3) is 5.56 Å². The zero-order chi connectivity index (χ0) is 21.1. The molecule has 0 saturated carbocycles. The molecule has 30 heavy (non-hydrogen) atoms. The number of carbonyl (C=O) groups excluding carboxylic acids is 1. The molecular weight excluding hydrogens is 458 g/mol. The molecule has 0 saturated heterocycles. The van der Waals surface area contributed by atoms with Crippen LogP contribution in [0, 0.1) is 0 Å². The topological polar surface area (TPSA) is 55.2 Å².